The molecule has 0 saturated carbocycles. The Hall–Kier alpha value is -1.55. The number of carbonyl (C=O) groups excluding carboxylic acids is 1. The van der Waals surface area contributed by atoms with Crippen LogP contribution >= 0.6 is 0 Å². The van der Waals surface area contributed by atoms with Crippen molar-refractivity contribution in [2.24, 2.45) is 5.73 Å². The average Bonchev–Trinajstić information content (AvgIpc) is 2.40. The van der Waals surface area contributed by atoms with Gasteiger partial charge < -0.3 is 15.4 Å². The number of likely N-dealkylation sites (tertiary alicyclic amines) is 1. The molecular formula is C18H28N2O2. The van der Waals surface area contributed by atoms with E-state index in [0.29, 0.717) is 19.0 Å². The summed E-state index contributed by atoms with van der Waals surface area (Å²) in [6.45, 7) is 11.2. The maximum absolute atomic E-state index is 12.2. The topological polar surface area (TPSA) is 55.6 Å². The van der Waals surface area contributed by atoms with Crippen molar-refractivity contribution in [3.05, 3.63) is 34.9 Å². The minimum Gasteiger partial charge on any atom is -0.444 e. The van der Waals surface area contributed by atoms with Gasteiger partial charge in [-0.15, -0.1) is 0 Å². The zero-order valence-electron chi connectivity index (χ0n) is 14.3. The van der Waals surface area contributed by atoms with Gasteiger partial charge in [-0.05, 0) is 57.7 Å². The summed E-state index contributed by atoms with van der Waals surface area (Å²) in [5.74, 6) is 0.304. The fraction of sp³-hybridized carbons (Fsp3) is 0.611. The molecule has 1 aromatic carbocycles. The minimum absolute atomic E-state index is 0.0539. The molecule has 1 fully saturated rings. The predicted octanol–water partition coefficient (Wildman–Crippen LogP) is 3.36. The van der Waals surface area contributed by atoms with Crippen LogP contribution in [0.2, 0.25) is 0 Å². The maximum Gasteiger partial charge on any atom is 0.410 e. The molecule has 2 N–H and O–H groups in total. The number of carbonyl (C=O) groups is 1. The lowest BCUT2D eigenvalue weighted by Crippen LogP contribution is -2.50. The quantitative estimate of drug-likeness (QED) is 0.865. The van der Waals surface area contributed by atoms with Crippen LogP contribution in [0.3, 0.4) is 0 Å². The minimum atomic E-state index is -0.467. The predicted molar refractivity (Wildman–Crippen MR) is 89.1 cm³/mol. The smallest absolute Gasteiger partial charge is 0.410 e. The van der Waals surface area contributed by atoms with E-state index in [-0.39, 0.29) is 12.1 Å². The monoisotopic (exact) mass is 304 g/mol. The number of nitrogens with zero attached hydrogens (tertiary/aromatic N) is 1. The number of nitrogens with two attached hydrogens (primary N) is 1. The van der Waals surface area contributed by atoms with Crippen LogP contribution in [0.1, 0.15) is 49.8 Å². The normalized spacial score (nSPS) is 22.5. The first-order valence-corrected chi connectivity index (χ1v) is 7.98. The molecule has 1 amide bonds. The third-order valence-electron chi connectivity index (χ3n) is 4.36. The molecule has 0 radical (unpaired) electrons. The molecule has 0 bridgehead atoms. The van der Waals surface area contributed by atoms with Crippen LogP contribution in [-0.2, 0) is 4.74 Å². The van der Waals surface area contributed by atoms with Crippen molar-refractivity contribution in [1.82, 2.24) is 4.90 Å². The molecule has 0 aliphatic carbocycles. The van der Waals surface area contributed by atoms with Gasteiger partial charge in [0.2, 0.25) is 0 Å². The lowest BCUT2D eigenvalue weighted by atomic mass is 9.82. The van der Waals surface area contributed by atoms with Crippen molar-refractivity contribution in [3.63, 3.8) is 0 Å². The number of hydrogen-bond donors (Lipinski definition) is 1. The van der Waals surface area contributed by atoms with Crippen molar-refractivity contribution >= 4 is 6.09 Å². The van der Waals surface area contributed by atoms with E-state index < -0.39 is 5.60 Å². The number of aryl methyl sites for hydroxylation is 1. The largest absolute Gasteiger partial charge is 0.444 e. The van der Waals surface area contributed by atoms with Crippen molar-refractivity contribution < 1.29 is 9.53 Å². The molecule has 0 aromatic heterocycles. The molecule has 2 atom stereocenters. The highest BCUT2D eigenvalue weighted by Gasteiger charge is 2.32. The van der Waals surface area contributed by atoms with Crippen LogP contribution in [0.25, 0.3) is 0 Å². The summed E-state index contributed by atoms with van der Waals surface area (Å²) >= 11 is 0. The highest BCUT2D eigenvalue weighted by molar-refractivity contribution is 5.68. The van der Waals surface area contributed by atoms with Gasteiger partial charge in [-0.1, -0.05) is 18.2 Å². The van der Waals surface area contributed by atoms with E-state index in [1.54, 1.807) is 4.90 Å². The van der Waals surface area contributed by atoms with Gasteiger partial charge in [0.05, 0.1) is 0 Å². The molecule has 0 spiro atoms. The molecule has 2 rings (SSSR count). The van der Waals surface area contributed by atoms with E-state index >= 15 is 0 Å². The zero-order valence-corrected chi connectivity index (χ0v) is 14.3. The number of piperidine rings is 1. The number of amides is 1. The van der Waals surface area contributed by atoms with Crippen LogP contribution in [0, 0.1) is 13.8 Å². The Morgan fingerprint density at radius 3 is 2.59 bits per heavy atom. The van der Waals surface area contributed by atoms with E-state index in [9.17, 15) is 4.79 Å². The molecule has 1 aromatic rings. The van der Waals surface area contributed by atoms with E-state index in [4.69, 9.17) is 10.5 Å². The molecule has 1 saturated heterocycles. The van der Waals surface area contributed by atoms with E-state index in [1.165, 1.54) is 16.7 Å². The summed E-state index contributed by atoms with van der Waals surface area (Å²) in [6, 6.07) is 6.32. The van der Waals surface area contributed by atoms with Gasteiger partial charge in [0.25, 0.3) is 0 Å². The molecule has 122 valence electrons. The SMILES string of the molecule is Cc1cccc([C@@H]2CCN(C(=O)OC(C)(C)C)C[C@@H]2N)c1C. The van der Waals surface area contributed by atoms with Gasteiger partial charge >= 0.3 is 6.09 Å². The second-order valence-corrected chi connectivity index (χ2v) is 7.27. The summed E-state index contributed by atoms with van der Waals surface area (Å²) in [7, 11) is 0. The fourth-order valence-electron chi connectivity index (χ4n) is 3.04. The Bertz CT molecular complexity index is 549. The fourth-order valence-corrected chi connectivity index (χ4v) is 3.04. The van der Waals surface area contributed by atoms with Crippen LogP contribution in [-0.4, -0.2) is 35.7 Å². The molecule has 1 aliphatic rings. The summed E-state index contributed by atoms with van der Waals surface area (Å²) in [4.78, 5) is 13.9. The number of ether oxygens (including phenoxy) is 1. The van der Waals surface area contributed by atoms with Crippen molar-refractivity contribution in [2.75, 3.05) is 13.1 Å². The third kappa shape index (κ3) is 3.80. The van der Waals surface area contributed by atoms with Gasteiger partial charge in [-0.2, -0.15) is 0 Å². The molecular weight excluding hydrogens is 276 g/mol. The summed E-state index contributed by atoms with van der Waals surface area (Å²) in [6.07, 6.45) is 0.618. The molecule has 1 aliphatic heterocycles. The van der Waals surface area contributed by atoms with Gasteiger partial charge in [0, 0.05) is 25.0 Å². The lowest BCUT2D eigenvalue weighted by Gasteiger charge is -2.38. The zero-order chi connectivity index (χ0) is 16.5. The van der Waals surface area contributed by atoms with Gasteiger partial charge in [-0.25, -0.2) is 4.79 Å². The van der Waals surface area contributed by atoms with E-state index in [1.807, 2.05) is 20.8 Å². The number of hydrogen-bond acceptors (Lipinski definition) is 3. The first kappa shape index (κ1) is 16.8. The summed E-state index contributed by atoms with van der Waals surface area (Å²) in [5, 5.41) is 0. The van der Waals surface area contributed by atoms with Gasteiger partial charge in [0.15, 0.2) is 0 Å². The Kier molecular flexibility index (Phi) is 4.81. The maximum atomic E-state index is 12.2. The number of rotatable bonds is 1. The van der Waals surface area contributed by atoms with Crippen molar-refractivity contribution in [1.29, 1.82) is 0 Å². The molecule has 1 heterocycles. The summed E-state index contributed by atoms with van der Waals surface area (Å²) < 4.78 is 5.44. The molecule has 22 heavy (non-hydrogen) atoms. The molecule has 4 nitrogen and oxygen atoms in total. The van der Waals surface area contributed by atoms with Crippen molar-refractivity contribution in [2.45, 2.75) is 58.6 Å². The van der Waals surface area contributed by atoms with Crippen LogP contribution in [0.4, 0.5) is 4.79 Å². The lowest BCUT2D eigenvalue weighted by molar-refractivity contribution is 0.0186. The molecule has 0 unspecified atom stereocenters. The standard InChI is InChI=1S/C18H28N2O2/c1-12-7-6-8-14(13(12)2)15-9-10-20(11-16(15)19)17(21)22-18(3,4)5/h6-8,15-16H,9-11,19H2,1-5H3/t15-,16-/m0/s1. The van der Waals surface area contributed by atoms with Gasteiger partial charge in [0.1, 0.15) is 5.60 Å². The van der Waals surface area contributed by atoms with Gasteiger partial charge in [-0.3, -0.25) is 0 Å². The Labute approximate surface area is 133 Å². The highest BCUT2D eigenvalue weighted by atomic mass is 16.6. The van der Waals surface area contributed by atoms with Crippen LogP contribution in [0.5, 0.6) is 0 Å². The van der Waals surface area contributed by atoms with Crippen molar-refractivity contribution in [3.8, 4) is 0 Å². The molecule has 4 heteroatoms. The first-order valence-electron chi connectivity index (χ1n) is 7.98. The Morgan fingerprint density at radius 2 is 2.00 bits per heavy atom. The van der Waals surface area contributed by atoms with E-state index in [0.717, 1.165) is 6.42 Å². The second-order valence-electron chi connectivity index (χ2n) is 7.27. The number of benzene rings is 1. The second kappa shape index (κ2) is 6.29. The highest BCUT2D eigenvalue weighted by Crippen LogP contribution is 2.31. The van der Waals surface area contributed by atoms with E-state index in [2.05, 4.69) is 32.0 Å². The first-order chi connectivity index (χ1) is 10.2. The Morgan fingerprint density at radius 1 is 1.32 bits per heavy atom. The average molecular weight is 304 g/mol. The third-order valence-corrected chi connectivity index (χ3v) is 4.36. The van der Waals surface area contributed by atoms with Crippen LogP contribution < -0.4 is 5.73 Å². The summed E-state index contributed by atoms with van der Waals surface area (Å²) in [5.41, 5.74) is 9.83. The Balaban J connectivity index is 2.07. The van der Waals surface area contributed by atoms with Crippen LogP contribution in [0.15, 0.2) is 18.2 Å².